The first-order chi connectivity index (χ1) is 7.00. The van der Waals surface area contributed by atoms with Crippen molar-refractivity contribution in [3.05, 3.63) is 24.0 Å². The summed E-state index contributed by atoms with van der Waals surface area (Å²) in [7, 11) is 0. The van der Waals surface area contributed by atoms with Crippen LogP contribution < -0.4 is 11.1 Å². The third-order valence-electron chi connectivity index (χ3n) is 2.38. The molecule has 1 amide bonds. The normalized spacial score (nSPS) is 12.5. The van der Waals surface area contributed by atoms with Crippen LogP contribution >= 0.6 is 0 Å². The third-order valence-corrected chi connectivity index (χ3v) is 2.38. The molecule has 4 heteroatoms. The van der Waals surface area contributed by atoms with E-state index in [1.165, 1.54) is 6.20 Å². The second-order valence-corrected chi connectivity index (χ2v) is 3.98. The van der Waals surface area contributed by atoms with Gasteiger partial charge in [0.2, 0.25) is 0 Å². The van der Waals surface area contributed by atoms with E-state index in [1.54, 1.807) is 12.1 Å². The van der Waals surface area contributed by atoms with Crippen molar-refractivity contribution in [3.63, 3.8) is 0 Å². The van der Waals surface area contributed by atoms with Crippen LogP contribution in [0.1, 0.15) is 31.3 Å². The van der Waals surface area contributed by atoms with Gasteiger partial charge in [-0.2, -0.15) is 0 Å². The first kappa shape index (κ1) is 11.5. The van der Waals surface area contributed by atoms with E-state index in [2.05, 4.69) is 24.1 Å². The summed E-state index contributed by atoms with van der Waals surface area (Å²) in [6.45, 7) is 6.07. The fourth-order valence-corrected chi connectivity index (χ4v) is 1.02. The molecule has 0 spiro atoms. The number of carbonyl (C=O) groups excluding carboxylic acids is 1. The van der Waals surface area contributed by atoms with E-state index in [-0.39, 0.29) is 11.9 Å². The Morgan fingerprint density at radius 3 is 2.67 bits per heavy atom. The van der Waals surface area contributed by atoms with Crippen molar-refractivity contribution in [3.8, 4) is 0 Å². The quantitative estimate of drug-likeness (QED) is 0.788. The largest absolute Gasteiger partial charge is 0.399 e. The molecular weight excluding hydrogens is 190 g/mol. The summed E-state index contributed by atoms with van der Waals surface area (Å²) in [4.78, 5) is 15.6. The van der Waals surface area contributed by atoms with Crippen LogP contribution in [0, 0.1) is 5.92 Å². The maximum absolute atomic E-state index is 11.7. The number of nitrogens with two attached hydrogens (primary N) is 1. The van der Waals surface area contributed by atoms with Crippen molar-refractivity contribution in [2.45, 2.75) is 26.8 Å². The van der Waals surface area contributed by atoms with E-state index in [1.807, 2.05) is 6.92 Å². The summed E-state index contributed by atoms with van der Waals surface area (Å²) in [5.41, 5.74) is 6.48. The number of nitrogens with zero attached hydrogens (tertiary/aromatic N) is 1. The molecular formula is C11H17N3O. The molecule has 0 aromatic carbocycles. The van der Waals surface area contributed by atoms with Gasteiger partial charge in [0.25, 0.3) is 5.91 Å². The van der Waals surface area contributed by atoms with Gasteiger partial charge < -0.3 is 11.1 Å². The zero-order valence-corrected chi connectivity index (χ0v) is 9.32. The molecule has 1 aromatic heterocycles. The van der Waals surface area contributed by atoms with Crippen LogP contribution in [-0.4, -0.2) is 16.9 Å². The molecule has 0 fully saturated rings. The maximum Gasteiger partial charge on any atom is 0.270 e. The van der Waals surface area contributed by atoms with E-state index in [0.29, 0.717) is 17.3 Å². The molecule has 1 heterocycles. The van der Waals surface area contributed by atoms with Crippen molar-refractivity contribution < 1.29 is 4.79 Å². The average molecular weight is 207 g/mol. The standard InChI is InChI=1S/C11H17N3O/c1-7(2)8(3)14-11(15)10-6-9(12)4-5-13-10/h4-8H,1-3H3,(H2,12,13)(H,14,15). The van der Waals surface area contributed by atoms with Gasteiger partial charge in [0.05, 0.1) is 0 Å². The number of aromatic nitrogens is 1. The van der Waals surface area contributed by atoms with Gasteiger partial charge in [-0.1, -0.05) is 13.8 Å². The summed E-state index contributed by atoms with van der Waals surface area (Å²) < 4.78 is 0. The van der Waals surface area contributed by atoms with Crippen LogP contribution in [0.2, 0.25) is 0 Å². The predicted octanol–water partition coefficient (Wildman–Crippen LogP) is 1.44. The smallest absolute Gasteiger partial charge is 0.270 e. The summed E-state index contributed by atoms with van der Waals surface area (Å²) in [5, 5.41) is 2.87. The summed E-state index contributed by atoms with van der Waals surface area (Å²) in [6, 6.07) is 3.35. The number of amides is 1. The van der Waals surface area contributed by atoms with Crippen LogP contribution in [-0.2, 0) is 0 Å². The van der Waals surface area contributed by atoms with Crippen molar-refractivity contribution in [1.82, 2.24) is 10.3 Å². The Morgan fingerprint density at radius 2 is 2.13 bits per heavy atom. The van der Waals surface area contributed by atoms with E-state index < -0.39 is 0 Å². The molecule has 3 N–H and O–H groups in total. The molecule has 0 saturated heterocycles. The predicted molar refractivity (Wildman–Crippen MR) is 60.4 cm³/mol. The van der Waals surface area contributed by atoms with E-state index in [9.17, 15) is 4.79 Å². The molecule has 15 heavy (non-hydrogen) atoms. The van der Waals surface area contributed by atoms with Crippen LogP contribution in [0.3, 0.4) is 0 Å². The molecule has 0 saturated carbocycles. The van der Waals surface area contributed by atoms with Gasteiger partial charge in [-0.3, -0.25) is 9.78 Å². The van der Waals surface area contributed by atoms with E-state index >= 15 is 0 Å². The highest BCUT2D eigenvalue weighted by molar-refractivity contribution is 5.93. The van der Waals surface area contributed by atoms with Crippen LogP contribution in [0.4, 0.5) is 5.69 Å². The summed E-state index contributed by atoms with van der Waals surface area (Å²) in [5.74, 6) is 0.221. The lowest BCUT2D eigenvalue weighted by atomic mass is 10.1. The zero-order valence-electron chi connectivity index (χ0n) is 9.32. The lowest BCUT2D eigenvalue weighted by Crippen LogP contribution is -2.36. The highest BCUT2D eigenvalue weighted by Gasteiger charge is 2.13. The van der Waals surface area contributed by atoms with Gasteiger partial charge in [-0.15, -0.1) is 0 Å². The Morgan fingerprint density at radius 1 is 1.47 bits per heavy atom. The Balaban J connectivity index is 2.69. The molecule has 0 aliphatic rings. The summed E-state index contributed by atoms with van der Waals surface area (Å²) >= 11 is 0. The minimum Gasteiger partial charge on any atom is -0.399 e. The second kappa shape index (κ2) is 4.77. The van der Waals surface area contributed by atoms with Gasteiger partial charge in [-0.25, -0.2) is 0 Å². The molecule has 0 aliphatic carbocycles. The molecule has 0 aliphatic heterocycles. The number of carbonyl (C=O) groups is 1. The molecule has 1 atom stereocenters. The van der Waals surface area contributed by atoms with Gasteiger partial charge in [0.15, 0.2) is 0 Å². The minimum atomic E-state index is -0.177. The second-order valence-electron chi connectivity index (χ2n) is 3.98. The molecule has 0 radical (unpaired) electrons. The number of nitrogen functional groups attached to an aromatic ring is 1. The highest BCUT2D eigenvalue weighted by atomic mass is 16.1. The minimum absolute atomic E-state index is 0.126. The van der Waals surface area contributed by atoms with Crippen molar-refractivity contribution in [2.24, 2.45) is 5.92 Å². The van der Waals surface area contributed by atoms with Gasteiger partial charge in [0, 0.05) is 17.9 Å². The third kappa shape index (κ3) is 3.23. The molecule has 82 valence electrons. The van der Waals surface area contributed by atoms with E-state index in [4.69, 9.17) is 5.73 Å². The fourth-order valence-electron chi connectivity index (χ4n) is 1.02. The molecule has 1 unspecified atom stereocenters. The lowest BCUT2D eigenvalue weighted by Gasteiger charge is -2.16. The molecule has 1 aromatic rings. The monoisotopic (exact) mass is 207 g/mol. The SMILES string of the molecule is CC(C)C(C)NC(=O)c1cc(N)ccn1. The number of hydrogen-bond acceptors (Lipinski definition) is 3. The first-order valence-electron chi connectivity index (χ1n) is 5.03. The van der Waals surface area contributed by atoms with Crippen LogP contribution in [0.5, 0.6) is 0 Å². The Bertz CT molecular complexity index is 349. The zero-order chi connectivity index (χ0) is 11.4. The maximum atomic E-state index is 11.7. The van der Waals surface area contributed by atoms with Crippen molar-refractivity contribution >= 4 is 11.6 Å². The first-order valence-corrected chi connectivity index (χ1v) is 5.03. The fraction of sp³-hybridized carbons (Fsp3) is 0.455. The number of nitrogens with one attached hydrogen (secondary N) is 1. The van der Waals surface area contributed by atoms with Crippen molar-refractivity contribution in [2.75, 3.05) is 5.73 Å². The van der Waals surface area contributed by atoms with Crippen LogP contribution in [0.25, 0.3) is 0 Å². The lowest BCUT2D eigenvalue weighted by molar-refractivity contribution is 0.0925. The van der Waals surface area contributed by atoms with Gasteiger partial charge >= 0.3 is 0 Å². The van der Waals surface area contributed by atoms with Gasteiger partial charge in [-0.05, 0) is 25.0 Å². The highest BCUT2D eigenvalue weighted by Crippen LogP contribution is 2.05. The molecule has 1 rings (SSSR count). The van der Waals surface area contributed by atoms with Gasteiger partial charge in [0.1, 0.15) is 5.69 Å². The van der Waals surface area contributed by atoms with Crippen molar-refractivity contribution in [1.29, 1.82) is 0 Å². The number of rotatable bonds is 3. The summed E-state index contributed by atoms with van der Waals surface area (Å²) in [6.07, 6.45) is 1.53. The Kier molecular flexibility index (Phi) is 3.66. The van der Waals surface area contributed by atoms with Crippen LogP contribution in [0.15, 0.2) is 18.3 Å². The van der Waals surface area contributed by atoms with E-state index in [0.717, 1.165) is 0 Å². The number of pyridine rings is 1. The Labute approximate surface area is 89.9 Å². The number of hydrogen-bond donors (Lipinski definition) is 2. The topological polar surface area (TPSA) is 68.0 Å². The molecule has 4 nitrogen and oxygen atoms in total. The average Bonchev–Trinajstić information content (AvgIpc) is 2.17. The number of anilines is 1. The Hall–Kier alpha value is -1.58. The molecule has 0 bridgehead atoms.